The fourth-order valence-corrected chi connectivity index (χ4v) is 0.604. The van der Waals surface area contributed by atoms with Crippen LogP contribution < -0.4 is 10.6 Å². The summed E-state index contributed by atoms with van der Waals surface area (Å²) in [5.41, 5.74) is 0.542. The lowest BCUT2D eigenvalue weighted by Gasteiger charge is -2.12. The second kappa shape index (κ2) is 6.44. The van der Waals surface area contributed by atoms with Crippen LogP contribution in [-0.2, 0) is 0 Å². The zero-order chi connectivity index (χ0) is 9.45. The molecule has 0 aromatic carbocycles. The lowest BCUT2D eigenvalue weighted by Crippen LogP contribution is -2.39. The minimum Gasteiger partial charge on any atom is -0.314 e. The Hall–Kier alpha value is -0.0800. The van der Waals surface area contributed by atoms with Crippen molar-refractivity contribution in [2.75, 3.05) is 26.2 Å². The Morgan fingerprint density at radius 2 is 1.17 bits per heavy atom. The zero-order valence-electron chi connectivity index (χ0n) is 9.04. The fourth-order valence-electron chi connectivity index (χ4n) is 0.604. The van der Waals surface area contributed by atoms with Gasteiger partial charge in [-0.25, -0.2) is 0 Å². The molecule has 74 valence electrons. The van der Waals surface area contributed by atoms with Crippen LogP contribution >= 0.6 is 0 Å². The maximum atomic E-state index is 3.22. The van der Waals surface area contributed by atoms with Gasteiger partial charge in [-0.15, -0.1) is 0 Å². The SMILES string of the molecule is C1CNCCN1.CCC(C)(C)C. The summed E-state index contributed by atoms with van der Waals surface area (Å²) in [4.78, 5) is 0. The van der Waals surface area contributed by atoms with Gasteiger partial charge >= 0.3 is 0 Å². The van der Waals surface area contributed by atoms with Crippen molar-refractivity contribution in [3.8, 4) is 0 Å². The molecule has 1 heterocycles. The molecule has 0 aliphatic carbocycles. The molecule has 12 heavy (non-hydrogen) atoms. The van der Waals surface area contributed by atoms with Crippen molar-refractivity contribution in [2.45, 2.75) is 34.1 Å². The molecule has 0 spiro atoms. The summed E-state index contributed by atoms with van der Waals surface area (Å²) < 4.78 is 0. The van der Waals surface area contributed by atoms with Gasteiger partial charge in [-0.05, 0) is 5.41 Å². The summed E-state index contributed by atoms with van der Waals surface area (Å²) in [6.07, 6.45) is 1.27. The fraction of sp³-hybridized carbons (Fsp3) is 1.00. The maximum Gasteiger partial charge on any atom is 0.00772 e. The van der Waals surface area contributed by atoms with Gasteiger partial charge in [0.05, 0.1) is 0 Å². The van der Waals surface area contributed by atoms with Crippen LogP contribution in [0.3, 0.4) is 0 Å². The summed E-state index contributed by atoms with van der Waals surface area (Å²) in [5, 5.41) is 6.44. The van der Waals surface area contributed by atoms with Crippen molar-refractivity contribution < 1.29 is 0 Å². The van der Waals surface area contributed by atoms with Crippen molar-refractivity contribution in [3.63, 3.8) is 0 Å². The van der Waals surface area contributed by atoms with Gasteiger partial charge in [0.1, 0.15) is 0 Å². The summed E-state index contributed by atoms with van der Waals surface area (Å²) in [5.74, 6) is 0. The number of hydrogen-bond donors (Lipinski definition) is 2. The van der Waals surface area contributed by atoms with Crippen molar-refractivity contribution >= 4 is 0 Å². The Morgan fingerprint density at radius 3 is 1.25 bits per heavy atom. The van der Waals surface area contributed by atoms with Crippen molar-refractivity contribution in [2.24, 2.45) is 5.41 Å². The smallest absolute Gasteiger partial charge is 0.00772 e. The van der Waals surface area contributed by atoms with E-state index in [1.807, 2.05) is 0 Å². The first-order valence-electron chi connectivity index (χ1n) is 4.97. The van der Waals surface area contributed by atoms with Gasteiger partial charge in [0.2, 0.25) is 0 Å². The number of piperazine rings is 1. The van der Waals surface area contributed by atoms with Gasteiger partial charge in [-0.3, -0.25) is 0 Å². The number of hydrogen-bond acceptors (Lipinski definition) is 2. The van der Waals surface area contributed by atoms with E-state index in [2.05, 4.69) is 38.3 Å². The Morgan fingerprint density at radius 1 is 0.917 bits per heavy atom. The molecule has 0 bridgehead atoms. The monoisotopic (exact) mass is 172 g/mol. The minimum atomic E-state index is 0.542. The Labute approximate surface area is 77.1 Å². The molecule has 1 rings (SSSR count). The second-order valence-electron chi connectivity index (χ2n) is 4.41. The summed E-state index contributed by atoms with van der Waals surface area (Å²) in [6.45, 7) is 13.5. The first-order chi connectivity index (χ1) is 5.56. The summed E-state index contributed by atoms with van der Waals surface area (Å²) in [7, 11) is 0. The van der Waals surface area contributed by atoms with Gasteiger partial charge in [0.25, 0.3) is 0 Å². The molecular weight excluding hydrogens is 148 g/mol. The highest BCUT2D eigenvalue weighted by Gasteiger charge is 2.03. The third kappa shape index (κ3) is 9.92. The topological polar surface area (TPSA) is 24.1 Å². The lowest BCUT2D eigenvalue weighted by molar-refractivity contribution is 0.398. The van der Waals surface area contributed by atoms with E-state index in [9.17, 15) is 0 Å². The average Bonchev–Trinajstić information content (AvgIpc) is 2.07. The first kappa shape index (κ1) is 11.9. The van der Waals surface area contributed by atoms with Crippen LogP contribution in [0.25, 0.3) is 0 Å². The van der Waals surface area contributed by atoms with Crippen LogP contribution in [-0.4, -0.2) is 26.2 Å². The largest absolute Gasteiger partial charge is 0.314 e. The van der Waals surface area contributed by atoms with Crippen LogP contribution in [0.4, 0.5) is 0 Å². The van der Waals surface area contributed by atoms with E-state index in [1.54, 1.807) is 0 Å². The first-order valence-corrected chi connectivity index (χ1v) is 4.97. The molecule has 0 unspecified atom stereocenters. The van der Waals surface area contributed by atoms with Crippen LogP contribution in [0.2, 0.25) is 0 Å². The molecule has 0 saturated carbocycles. The molecular formula is C10H24N2. The molecule has 2 nitrogen and oxygen atoms in total. The van der Waals surface area contributed by atoms with Crippen LogP contribution in [0, 0.1) is 5.41 Å². The summed E-state index contributed by atoms with van der Waals surface area (Å²) in [6, 6.07) is 0. The minimum absolute atomic E-state index is 0.542. The van der Waals surface area contributed by atoms with Crippen LogP contribution in [0.1, 0.15) is 34.1 Å². The van der Waals surface area contributed by atoms with Crippen molar-refractivity contribution in [1.29, 1.82) is 0 Å². The Bertz CT molecular complexity index is 79.0. The third-order valence-electron chi connectivity index (χ3n) is 2.02. The molecule has 0 amide bonds. The van der Waals surface area contributed by atoms with E-state index >= 15 is 0 Å². The zero-order valence-corrected chi connectivity index (χ0v) is 9.04. The van der Waals surface area contributed by atoms with E-state index in [0.29, 0.717) is 5.41 Å². The normalized spacial score (nSPS) is 18.0. The van der Waals surface area contributed by atoms with Gasteiger partial charge in [0.15, 0.2) is 0 Å². The van der Waals surface area contributed by atoms with Gasteiger partial charge in [-0.1, -0.05) is 34.1 Å². The Kier molecular flexibility index (Phi) is 6.39. The molecule has 0 aromatic heterocycles. The summed E-state index contributed by atoms with van der Waals surface area (Å²) >= 11 is 0. The van der Waals surface area contributed by atoms with E-state index in [0.717, 1.165) is 26.2 Å². The number of rotatable bonds is 0. The van der Waals surface area contributed by atoms with E-state index in [1.165, 1.54) is 6.42 Å². The van der Waals surface area contributed by atoms with Crippen molar-refractivity contribution in [1.82, 2.24) is 10.6 Å². The highest BCUT2D eigenvalue weighted by Crippen LogP contribution is 2.16. The molecule has 1 fully saturated rings. The average molecular weight is 172 g/mol. The Balaban J connectivity index is 0.000000202. The van der Waals surface area contributed by atoms with Crippen LogP contribution in [0.5, 0.6) is 0 Å². The van der Waals surface area contributed by atoms with Gasteiger partial charge in [0, 0.05) is 26.2 Å². The van der Waals surface area contributed by atoms with E-state index < -0.39 is 0 Å². The van der Waals surface area contributed by atoms with Gasteiger partial charge < -0.3 is 10.6 Å². The molecule has 0 radical (unpaired) electrons. The molecule has 1 aliphatic heterocycles. The standard InChI is InChI=1S/C6H14.C4H10N2/c1-5-6(2,3)4;1-2-6-4-3-5-1/h5H2,1-4H3;5-6H,1-4H2. The molecule has 2 heteroatoms. The van der Waals surface area contributed by atoms with E-state index in [4.69, 9.17) is 0 Å². The predicted molar refractivity (Wildman–Crippen MR) is 55.5 cm³/mol. The molecule has 1 aliphatic rings. The lowest BCUT2D eigenvalue weighted by atomic mass is 9.94. The molecule has 0 aromatic rings. The third-order valence-corrected chi connectivity index (χ3v) is 2.02. The predicted octanol–water partition coefficient (Wildman–Crippen LogP) is 1.62. The molecule has 1 saturated heterocycles. The van der Waals surface area contributed by atoms with E-state index in [-0.39, 0.29) is 0 Å². The molecule has 0 atom stereocenters. The second-order valence-corrected chi connectivity index (χ2v) is 4.41. The molecule has 2 N–H and O–H groups in total. The quantitative estimate of drug-likeness (QED) is 0.580. The number of nitrogens with one attached hydrogen (secondary N) is 2. The maximum absolute atomic E-state index is 3.22. The van der Waals surface area contributed by atoms with Crippen LogP contribution in [0.15, 0.2) is 0 Å². The van der Waals surface area contributed by atoms with Crippen molar-refractivity contribution in [3.05, 3.63) is 0 Å². The highest BCUT2D eigenvalue weighted by atomic mass is 15.0. The highest BCUT2D eigenvalue weighted by molar-refractivity contribution is 4.59. The van der Waals surface area contributed by atoms with Gasteiger partial charge in [-0.2, -0.15) is 0 Å².